The molecule has 0 aromatic carbocycles. The Balaban J connectivity index is 2.78. The average molecular weight is 308 g/mol. The molecule has 0 saturated heterocycles. The van der Waals surface area contributed by atoms with E-state index in [-0.39, 0.29) is 0 Å². The van der Waals surface area contributed by atoms with Gasteiger partial charge in [0.1, 0.15) is 0 Å². The third kappa shape index (κ3) is 6.20. The lowest BCUT2D eigenvalue weighted by Crippen LogP contribution is -2.06. The number of unbranched alkanes of at least 4 members (excludes halogenated alkanes) is 5. The maximum Gasteiger partial charge on any atom is 0.319 e. The van der Waals surface area contributed by atoms with Gasteiger partial charge >= 0.3 is 6.01 Å². The van der Waals surface area contributed by atoms with Gasteiger partial charge in [-0.2, -0.15) is 4.98 Å². The molecular weight excluding hydrogens is 276 g/mol. The summed E-state index contributed by atoms with van der Waals surface area (Å²) in [4.78, 5) is 8.63. The number of hydrogen-bond acceptors (Lipinski definition) is 4. The zero-order chi connectivity index (χ0) is 16.2. The molecular formula is C18H32N2O2. The standard InChI is InChI=1S/C18H32N2O2/c1-5-7-9-11-13-15(12-10-8-6-2)16-14-19-18(22-4)20-17(16)21-3/h14-15H,5-13H2,1-4H3. The summed E-state index contributed by atoms with van der Waals surface area (Å²) in [5, 5.41) is 0. The van der Waals surface area contributed by atoms with Crippen molar-refractivity contribution >= 4 is 0 Å². The van der Waals surface area contributed by atoms with Crippen LogP contribution < -0.4 is 9.47 Å². The van der Waals surface area contributed by atoms with Crippen LogP contribution in [0.4, 0.5) is 0 Å². The molecule has 0 radical (unpaired) electrons. The summed E-state index contributed by atoms with van der Waals surface area (Å²) in [6.45, 7) is 4.49. The monoisotopic (exact) mass is 308 g/mol. The van der Waals surface area contributed by atoms with Gasteiger partial charge in [-0.25, -0.2) is 4.98 Å². The molecule has 0 bridgehead atoms. The Labute approximate surface area is 135 Å². The Hall–Kier alpha value is -1.32. The van der Waals surface area contributed by atoms with Crippen LogP contribution in [0.15, 0.2) is 6.20 Å². The van der Waals surface area contributed by atoms with Crippen molar-refractivity contribution in [1.29, 1.82) is 0 Å². The van der Waals surface area contributed by atoms with Crippen LogP contribution in [-0.4, -0.2) is 24.2 Å². The van der Waals surface area contributed by atoms with Crippen molar-refractivity contribution in [1.82, 2.24) is 9.97 Å². The number of aromatic nitrogens is 2. The van der Waals surface area contributed by atoms with Gasteiger partial charge in [0.25, 0.3) is 0 Å². The Morgan fingerprint density at radius 3 is 2.14 bits per heavy atom. The molecule has 0 aliphatic rings. The lowest BCUT2D eigenvalue weighted by atomic mass is 9.89. The quantitative estimate of drug-likeness (QED) is 0.502. The molecule has 1 unspecified atom stereocenters. The molecule has 0 N–H and O–H groups in total. The Kier molecular flexibility index (Phi) is 9.60. The van der Waals surface area contributed by atoms with Crippen LogP contribution in [0.3, 0.4) is 0 Å². The normalized spacial score (nSPS) is 12.2. The van der Waals surface area contributed by atoms with E-state index in [2.05, 4.69) is 23.8 Å². The van der Waals surface area contributed by atoms with Crippen LogP contribution in [0.5, 0.6) is 11.9 Å². The summed E-state index contributed by atoms with van der Waals surface area (Å²) in [6.07, 6.45) is 13.2. The third-order valence-electron chi connectivity index (χ3n) is 4.14. The fourth-order valence-corrected chi connectivity index (χ4v) is 2.82. The van der Waals surface area contributed by atoms with E-state index in [1.54, 1.807) is 14.2 Å². The highest BCUT2D eigenvalue weighted by Gasteiger charge is 2.18. The molecule has 1 aromatic heterocycles. The summed E-state index contributed by atoms with van der Waals surface area (Å²) in [7, 11) is 3.25. The minimum atomic E-state index is 0.374. The second kappa shape index (κ2) is 11.3. The highest BCUT2D eigenvalue weighted by molar-refractivity contribution is 5.29. The van der Waals surface area contributed by atoms with Crippen molar-refractivity contribution in [3.05, 3.63) is 11.8 Å². The molecule has 0 fully saturated rings. The van der Waals surface area contributed by atoms with Gasteiger partial charge in [-0.15, -0.1) is 0 Å². The highest BCUT2D eigenvalue weighted by atomic mass is 16.5. The summed E-state index contributed by atoms with van der Waals surface area (Å²) in [5.41, 5.74) is 1.14. The Morgan fingerprint density at radius 1 is 0.909 bits per heavy atom. The predicted molar refractivity (Wildman–Crippen MR) is 90.8 cm³/mol. The molecule has 1 heterocycles. The maximum absolute atomic E-state index is 5.47. The molecule has 1 aromatic rings. The lowest BCUT2D eigenvalue weighted by molar-refractivity contribution is 0.343. The zero-order valence-electron chi connectivity index (χ0n) is 14.7. The zero-order valence-corrected chi connectivity index (χ0v) is 14.7. The van der Waals surface area contributed by atoms with Gasteiger partial charge in [0.15, 0.2) is 0 Å². The number of nitrogens with zero attached hydrogens (tertiary/aromatic N) is 2. The second-order valence-electron chi connectivity index (χ2n) is 5.86. The third-order valence-corrected chi connectivity index (χ3v) is 4.14. The smallest absolute Gasteiger partial charge is 0.319 e. The van der Waals surface area contributed by atoms with Crippen LogP contribution in [0.1, 0.15) is 83.1 Å². The van der Waals surface area contributed by atoms with E-state index in [0.717, 1.165) is 5.56 Å². The van der Waals surface area contributed by atoms with E-state index in [4.69, 9.17) is 9.47 Å². The van der Waals surface area contributed by atoms with E-state index in [9.17, 15) is 0 Å². The predicted octanol–water partition coefficient (Wildman–Crippen LogP) is 5.13. The molecule has 4 nitrogen and oxygen atoms in total. The van der Waals surface area contributed by atoms with Gasteiger partial charge in [0.05, 0.1) is 14.2 Å². The minimum absolute atomic E-state index is 0.374. The topological polar surface area (TPSA) is 44.2 Å². The average Bonchev–Trinajstić information content (AvgIpc) is 2.56. The van der Waals surface area contributed by atoms with Gasteiger partial charge in [-0.05, 0) is 18.8 Å². The highest BCUT2D eigenvalue weighted by Crippen LogP contribution is 2.33. The first kappa shape index (κ1) is 18.7. The van der Waals surface area contributed by atoms with Crippen molar-refractivity contribution < 1.29 is 9.47 Å². The molecule has 126 valence electrons. The number of hydrogen-bond donors (Lipinski definition) is 0. The van der Waals surface area contributed by atoms with Crippen molar-refractivity contribution in [2.75, 3.05) is 14.2 Å². The lowest BCUT2D eigenvalue weighted by Gasteiger charge is -2.19. The minimum Gasteiger partial charge on any atom is -0.481 e. The van der Waals surface area contributed by atoms with Crippen molar-refractivity contribution in [2.45, 2.75) is 77.6 Å². The van der Waals surface area contributed by atoms with Crippen LogP contribution in [0.2, 0.25) is 0 Å². The van der Waals surface area contributed by atoms with Crippen LogP contribution in [0.25, 0.3) is 0 Å². The molecule has 0 aliphatic heterocycles. The molecule has 22 heavy (non-hydrogen) atoms. The Bertz CT molecular complexity index is 410. The van der Waals surface area contributed by atoms with Gasteiger partial charge < -0.3 is 9.47 Å². The number of rotatable bonds is 12. The van der Waals surface area contributed by atoms with Gasteiger partial charge in [-0.3, -0.25) is 0 Å². The molecule has 4 heteroatoms. The fraction of sp³-hybridized carbons (Fsp3) is 0.778. The van der Waals surface area contributed by atoms with E-state index in [0.29, 0.717) is 17.8 Å². The largest absolute Gasteiger partial charge is 0.481 e. The summed E-state index contributed by atoms with van der Waals surface area (Å²) >= 11 is 0. The first-order chi connectivity index (χ1) is 10.8. The summed E-state index contributed by atoms with van der Waals surface area (Å²) < 4.78 is 10.6. The van der Waals surface area contributed by atoms with Gasteiger partial charge in [0.2, 0.25) is 5.88 Å². The van der Waals surface area contributed by atoms with Crippen molar-refractivity contribution in [3.63, 3.8) is 0 Å². The van der Waals surface area contributed by atoms with Crippen LogP contribution in [0, 0.1) is 0 Å². The van der Waals surface area contributed by atoms with E-state index in [1.807, 2.05) is 6.20 Å². The van der Waals surface area contributed by atoms with Gasteiger partial charge in [-0.1, -0.05) is 58.8 Å². The summed E-state index contributed by atoms with van der Waals surface area (Å²) in [5.74, 6) is 1.16. The SMILES string of the molecule is CCCCCCC(CCCCC)c1cnc(OC)nc1OC. The molecule has 1 rings (SSSR count). The molecule has 0 spiro atoms. The van der Waals surface area contributed by atoms with E-state index >= 15 is 0 Å². The van der Waals surface area contributed by atoms with Crippen molar-refractivity contribution in [2.24, 2.45) is 0 Å². The molecule has 1 atom stereocenters. The van der Waals surface area contributed by atoms with Crippen LogP contribution in [-0.2, 0) is 0 Å². The summed E-state index contributed by atoms with van der Waals surface area (Å²) in [6, 6.07) is 0.374. The van der Waals surface area contributed by atoms with Gasteiger partial charge in [0, 0.05) is 11.8 Å². The first-order valence-corrected chi connectivity index (χ1v) is 8.71. The fourth-order valence-electron chi connectivity index (χ4n) is 2.82. The first-order valence-electron chi connectivity index (χ1n) is 8.71. The van der Waals surface area contributed by atoms with Crippen molar-refractivity contribution in [3.8, 4) is 11.9 Å². The number of methoxy groups -OCH3 is 2. The van der Waals surface area contributed by atoms with Crippen LogP contribution >= 0.6 is 0 Å². The second-order valence-corrected chi connectivity index (χ2v) is 5.86. The van der Waals surface area contributed by atoms with E-state index < -0.39 is 0 Å². The maximum atomic E-state index is 5.47. The number of ether oxygens (including phenoxy) is 2. The van der Waals surface area contributed by atoms with E-state index in [1.165, 1.54) is 57.8 Å². The molecule has 0 saturated carbocycles. The molecule has 0 amide bonds. The Morgan fingerprint density at radius 2 is 1.55 bits per heavy atom. The molecule has 0 aliphatic carbocycles.